The summed E-state index contributed by atoms with van der Waals surface area (Å²) in [5, 5.41) is 11.2. The Morgan fingerprint density at radius 1 is 1.08 bits per heavy atom. The van der Waals surface area contributed by atoms with Crippen LogP contribution in [0.4, 0.5) is 0 Å². The zero-order valence-corrected chi connectivity index (χ0v) is 23.9. The van der Waals surface area contributed by atoms with Gasteiger partial charge in [-0.15, -0.1) is 0 Å². The quantitative estimate of drug-likeness (QED) is 0.364. The Labute approximate surface area is 234 Å². The number of ether oxygens (including phenoxy) is 2. The molecule has 2 bridgehead atoms. The highest BCUT2D eigenvalue weighted by atomic mass is 16.5. The fourth-order valence-electron chi connectivity index (χ4n) is 8.97. The number of hydrogen-bond acceptors (Lipinski definition) is 5. The first-order valence-electron chi connectivity index (χ1n) is 15.7. The van der Waals surface area contributed by atoms with E-state index in [1.807, 2.05) is 6.07 Å². The predicted octanol–water partition coefficient (Wildman–Crippen LogP) is 5.95. The Balaban J connectivity index is 1.08. The maximum absolute atomic E-state index is 11.2. The summed E-state index contributed by atoms with van der Waals surface area (Å²) in [4.78, 5) is 5.42. The first-order valence-corrected chi connectivity index (χ1v) is 15.7. The highest BCUT2D eigenvalue weighted by molar-refractivity contribution is 5.65. The average Bonchev–Trinajstić information content (AvgIpc) is 3.71. The van der Waals surface area contributed by atoms with Gasteiger partial charge in [-0.3, -0.25) is 9.80 Å². The van der Waals surface area contributed by atoms with Crippen molar-refractivity contribution in [3.8, 4) is 17.2 Å². The molecule has 5 atom stereocenters. The number of likely N-dealkylation sites (N-methyl/N-ethyl adjacent to an activating group) is 1. The van der Waals surface area contributed by atoms with Gasteiger partial charge in [-0.2, -0.15) is 0 Å². The lowest BCUT2D eigenvalue weighted by Gasteiger charge is -2.60. The number of nitrogens with zero attached hydrogens (tertiary/aromatic N) is 2. The van der Waals surface area contributed by atoms with Gasteiger partial charge >= 0.3 is 0 Å². The summed E-state index contributed by atoms with van der Waals surface area (Å²) in [7, 11) is 4.04. The van der Waals surface area contributed by atoms with Crippen molar-refractivity contribution in [3.05, 3.63) is 53.1 Å². The number of methoxy groups -OCH3 is 1. The smallest absolute Gasteiger partial charge is 0.166 e. The molecular weight excluding hydrogens is 484 g/mol. The molecule has 2 saturated carbocycles. The number of aryl methyl sites for hydroxylation is 1. The number of unbranched alkanes of at least 4 members (excludes halogenated alkanes) is 3. The lowest BCUT2D eigenvalue weighted by molar-refractivity contribution is -0.0857. The second kappa shape index (κ2) is 10.3. The summed E-state index contributed by atoms with van der Waals surface area (Å²) >= 11 is 0. The second-order valence-corrected chi connectivity index (χ2v) is 13.2. The van der Waals surface area contributed by atoms with Crippen LogP contribution in [0.2, 0.25) is 0 Å². The summed E-state index contributed by atoms with van der Waals surface area (Å²) in [5.74, 6) is 3.57. The molecule has 0 amide bonds. The number of phenolic OH excluding ortho intramolecular Hbond substituents is 1. The molecule has 0 aromatic heterocycles. The van der Waals surface area contributed by atoms with Crippen molar-refractivity contribution in [3.63, 3.8) is 0 Å². The molecule has 5 aliphatic rings. The highest BCUT2D eigenvalue weighted by Crippen LogP contribution is 2.65. The number of phenols is 1. The molecule has 2 aromatic rings. The van der Waals surface area contributed by atoms with E-state index in [2.05, 4.69) is 47.2 Å². The van der Waals surface area contributed by atoms with Crippen LogP contribution >= 0.6 is 0 Å². The topological polar surface area (TPSA) is 45.2 Å². The van der Waals surface area contributed by atoms with Gasteiger partial charge in [0.1, 0.15) is 11.9 Å². The van der Waals surface area contributed by atoms with Gasteiger partial charge in [0.2, 0.25) is 0 Å². The van der Waals surface area contributed by atoms with Crippen molar-refractivity contribution in [1.82, 2.24) is 9.80 Å². The number of benzene rings is 2. The van der Waals surface area contributed by atoms with Crippen molar-refractivity contribution in [2.75, 3.05) is 33.8 Å². The first kappa shape index (κ1) is 25.7. The summed E-state index contributed by atoms with van der Waals surface area (Å²) in [5.41, 5.74) is 3.93. The molecule has 7 rings (SSSR count). The summed E-state index contributed by atoms with van der Waals surface area (Å²) in [6.07, 6.45) is 13.8. The van der Waals surface area contributed by atoms with E-state index >= 15 is 0 Å². The Bertz CT molecular complexity index is 1180. The van der Waals surface area contributed by atoms with Crippen LogP contribution in [0.1, 0.15) is 74.5 Å². The first-order chi connectivity index (χ1) is 19.1. The lowest BCUT2D eigenvalue weighted by Crippen LogP contribution is -2.68. The normalized spacial score (nSPS) is 30.7. The standard InChI is InChI=1S/C34H46N2O3/c1-35(18-9-4-3-6-10-23-11-7-5-8-12-23)27-16-15-26-28-20-25-29(37)21-30(38-2)32-31(25)34(26,33(27)39-32)17-19-36(28)22-24-13-14-24/h5,7-8,11-12,21,24,26-28,33,37H,3-4,6,9-10,13-20,22H2,1-2H3/t26-,27-,28+,33-,34-/m0/s1. The molecular formula is C34H46N2O3. The van der Waals surface area contributed by atoms with Crippen LogP contribution in [0.3, 0.4) is 0 Å². The zero-order chi connectivity index (χ0) is 26.6. The van der Waals surface area contributed by atoms with E-state index in [1.165, 1.54) is 75.5 Å². The number of aromatic hydroxyl groups is 1. The van der Waals surface area contributed by atoms with Gasteiger partial charge in [0.05, 0.1) is 7.11 Å². The molecule has 2 aromatic carbocycles. The molecule has 210 valence electrons. The third-order valence-corrected chi connectivity index (χ3v) is 11.0. The van der Waals surface area contributed by atoms with Crippen LogP contribution in [-0.2, 0) is 18.3 Å². The van der Waals surface area contributed by atoms with Gasteiger partial charge in [-0.1, -0.05) is 43.2 Å². The predicted molar refractivity (Wildman–Crippen MR) is 155 cm³/mol. The Morgan fingerprint density at radius 2 is 1.90 bits per heavy atom. The van der Waals surface area contributed by atoms with E-state index in [0.29, 0.717) is 29.5 Å². The van der Waals surface area contributed by atoms with Crippen LogP contribution in [0.15, 0.2) is 36.4 Å². The average molecular weight is 531 g/mol. The SMILES string of the molecule is COc1cc(O)c2c3c1O[C@H]1[C@@H](N(C)CCCCCCc4ccccc4)CC[C@H]4[C@@H](C2)N(CC2CC2)CC[C@@]341. The second-order valence-electron chi connectivity index (χ2n) is 13.2. The van der Waals surface area contributed by atoms with Gasteiger partial charge in [-0.25, -0.2) is 0 Å². The maximum Gasteiger partial charge on any atom is 0.166 e. The molecule has 5 heteroatoms. The molecule has 2 heterocycles. The fraction of sp³-hybridized carbons (Fsp3) is 0.647. The van der Waals surface area contributed by atoms with Crippen molar-refractivity contribution in [2.45, 2.75) is 94.2 Å². The van der Waals surface area contributed by atoms with Crippen LogP contribution in [0.25, 0.3) is 0 Å². The van der Waals surface area contributed by atoms with E-state index < -0.39 is 0 Å². The van der Waals surface area contributed by atoms with Crippen molar-refractivity contribution < 1.29 is 14.6 Å². The highest BCUT2D eigenvalue weighted by Gasteiger charge is 2.66. The number of rotatable bonds is 11. The van der Waals surface area contributed by atoms with Gasteiger partial charge in [0, 0.05) is 41.2 Å². The van der Waals surface area contributed by atoms with Crippen LogP contribution in [-0.4, -0.2) is 66.9 Å². The van der Waals surface area contributed by atoms with Gasteiger partial charge in [0.15, 0.2) is 11.5 Å². The molecule has 39 heavy (non-hydrogen) atoms. The van der Waals surface area contributed by atoms with E-state index in [9.17, 15) is 5.11 Å². The molecule has 5 nitrogen and oxygen atoms in total. The van der Waals surface area contributed by atoms with Gasteiger partial charge < -0.3 is 14.6 Å². The number of likely N-dealkylation sites (tertiary alicyclic amines) is 1. The molecule has 3 aliphatic carbocycles. The minimum Gasteiger partial charge on any atom is -0.508 e. The van der Waals surface area contributed by atoms with Gasteiger partial charge in [-0.05, 0) is 95.3 Å². The van der Waals surface area contributed by atoms with E-state index in [4.69, 9.17) is 9.47 Å². The van der Waals surface area contributed by atoms with E-state index in [0.717, 1.165) is 43.2 Å². The van der Waals surface area contributed by atoms with Gasteiger partial charge in [0.25, 0.3) is 0 Å². The van der Waals surface area contributed by atoms with Crippen molar-refractivity contribution >= 4 is 0 Å². The summed E-state index contributed by atoms with van der Waals surface area (Å²) < 4.78 is 12.8. The van der Waals surface area contributed by atoms with Crippen LogP contribution in [0.5, 0.6) is 17.2 Å². The summed E-state index contributed by atoms with van der Waals surface area (Å²) in [6.45, 7) is 3.53. The molecule has 0 unspecified atom stereocenters. The molecule has 2 aliphatic heterocycles. The molecule has 1 saturated heterocycles. The largest absolute Gasteiger partial charge is 0.508 e. The molecule has 1 spiro atoms. The summed E-state index contributed by atoms with van der Waals surface area (Å²) in [6, 6.07) is 13.6. The number of hydrogen-bond donors (Lipinski definition) is 1. The number of piperidine rings is 1. The van der Waals surface area contributed by atoms with Crippen molar-refractivity contribution in [1.29, 1.82) is 0 Å². The third-order valence-electron chi connectivity index (χ3n) is 11.0. The Morgan fingerprint density at radius 3 is 2.69 bits per heavy atom. The molecule has 3 fully saturated rings. The minimum absolute atomic E-state index is 0.00646. The molecule has 0 radical (unpaired) electrons. The third kappa shape index (κ3) is 4.35. The maximum atomic E-state index is 11.2. The monoisotopic (exact) mass is 530 g/mol. The fourth-order valence-corrected chi connectivity index (χ4v) is 8.97. The zero-order valence-electron chi connectivity index (χ0n) is 23.9. The minimum atomic E-state index is 0.00646. The molecule has 1 N–H and O–H groups in total. The Hall–Kier alpha value is -2.24. The lowest BCUT2D eigenvalue weighted by atomic mass is 9.50. The Kier molecular flexibility index (Phi) is 6.79. The van der Waals surface area contributed by atoms with Crippen molar-refractivity contribution in [2.24, 2.45) is 11.8 Å². The van der Waals surface area contributed by atoms with E-state index in [-0.39, 0.29) is 11.5 Å². The van der Waals surface area contributed by atoms with Crippen LogP contribution in [0, 0.1) is 11.8 Å². The van der Waals surface area contributed by atoms with E-state index in [1.54, 1.807) is 7.11 Å². The van der Waals surface area contributed by atoms with Crippen LogP contribution < -0.4 is 9.47 Å².